The number of carbonyl (C=O) groups excluding carboxylic acids is 2. The lowest BCUT2D eigenvalue weighted by atomic mass is 10.1. The van der Waals surface area contributed by atoms with Gasteiger partial charge in [0.25, 0.3) is 0 Å². The van der Waals surface area contributed by atoms with Gasteiger partial charge < -0.3 is 19.6 Å². The Morgan fingerprint density at radius 3 is 2.53 bits per heavy atom. The molecule has 2 fully saturated rings. The second-order valence-corrected chi connectivity index (χ2v) is 8.03. The molecule has 0 aliphatic carbocycles. The molecule has 2 aliphatic heterocycles. The Hall–Kier alpha value is -2.57. The Kier molecular flexibility index (Phi) is 6.72. The summed E-state index contributed by atoms with van der Waals surface area (Å²) in [6.45, 7) is 3.15. The molecule has 2 aromatic rings. The fourth-order valence-corrected chi connectivity index (χ4v) is 4.18. The number of hydrogen-bond acceptors (Lipinski definition) is 10. The number of rotatable bonds is 6. The van der Waals surface area contributed by atoms with Gasteiger partial charge in [-0.15, -0.1) is 0 Å². The molecule has 4 rings (SSSR count). The van der Waals surface area contributed by atoms with Crippen LogP contribution in [0, 0.1) is 0 Å². The maximum absolute atomic E-state index is 13.7. The predicted molar refractivity (Wildman–Crippen MR) is 110 cm³/mol. The fraction of sp³-hybridized carbons (Fsp3) is 0.632. The number of esters is 2. The minimum absolute atomic E-state index is 0.0284. The van der Waals surface area contributed by atoms with E-state index in [1.807, 2.05) is 5.01 Å². The molecule has 32 heavy (non-hydrogen) atoms. The molecule has 0 spiro atoms. The van der Waals surface area contributed by atoms with E-state index in [9.17, 15) is 14.0 Å². The van der Waals surface area contributed by atoms with Gasteiger partial charge in [0.2, 0.25) is 5.28 Å². The van der Waals surface area contributed by atoms with Gasteiger partial charge in [0, 0.05) is 26.9 Å². The minimum Gasteiger partial charge on any atom is -0.455 e. The second kappa shape index (κ2) is 9.51. The van der Waals surface area contributed by atoms with E-state index in [2.05, 4.69) is 20.4 Å². The highest BCUT2D eigenvalue weighted by molar-refractivity contribution is 6.28. The summed E-state index contributed by atoms with van der Waals surface area (Å²) in [5.74, 6) is -0.866. The topological polar surface area (TPSA) is 121 Å². The van der Waals surface area contributed by atoms with E-state index in [0.717, 1.165) is 25.9 Å². The first kappa shape index (κ1) is 22.6. The molecule has 2 saturated heterocycles. The average Bonchev–Trinajstić information content (AvgIpc) is 3.29. The highest BCUT2D eigenvalue weighted by atomic mass is 35.5. The average molecular weight is 471 g/mol. The number of hydrazine groups is 1. The number of hydrogen-bond donors (Lipinski definition) is 1. The van der Waals surface area contributed by atoms with Gasteiger partial charge in [0.05, 0.1) is 6.33 Å². The summed E-state index contributed by atoms with van der Waals surface area (Å²) in [5.41, 5.74) is 3.95. The second-order valence-electron chi connectivity index (χ2n) is 7.69. The van der Waals surface area contributed by atoms with Gasteiger partial charge in [0.15, 0.2) is 35.4 Å². The zero-order valence-corrected chi connectivity index (χ0v) is 18.4. The number of imidazole rings is 1. The molecular weight excluding hydrogens is 447 g/mol. The van der Waals surface area contributed by atoms with Gasteiger partial charge in [-0.25, -0.2) is 14.4 Å². The molecule has 0 aromatic carbocycles. The first-order chi connectivity index (χ1) is 15.4. The van der Waals surface area contributed by atoms with Gasteiger partial charge in [-0.1, -0.05) is 6.42 Å². The quantitative estimate of drug-likeness (QED) is 0.495. The van der Waals surface area contributed by atoms with Crippen LogP contribution in [0.2, 0.25) is 5.28 Å². The standard InChI is InChI=1S/C19H24ClFN6O5/c1-10(28)30-14-12(8-21)32-18(15(14)31-11(2)29)27-9-22-13-16(23-19(20)24-17(13)27)25-26-6-4-3-5-7-26/h9,12,14-15,18H,3-8H2,1-2H3,(H,23,24,25)/t12-,14-,15-,18-/m1/s1. The lowest BCUT2D eigenvalue weighted by molar-refractivity contribution is -0.165. The van der Waals surface area contributed by atoms with Crippen molar-refractivity contribution in [2.24, 2.45) is 0 Å². The molecule has 0 unspecified atom stereocenters. The van der Waals surface area contributed by atoms with E-state index in [1.165, 1.54) is 31.2 Å². The summed E-state index contributed by atoms with van der Waals surface area (Å²) in [7, 11) is 0. The zero-order chi connectivity index (χ0) is 22.8. The third kappa shape index (κ3) is 4.62. The van der Waals surface area contributed by atoms with Gasteiger partial charge in [0.1, 0.15) is 12.8 Å². The van der Waals surface area contributed by atoms with Crippen molar-refractivity contribution in [3.8, 4) is 0 Å². The van der Waals surface area contributed by atoms with Crippen LogP contribution in [0.4, 0.5) is 10.2 Å². The maximum Gasteiger partial charge on any atom is 0.303 e. The van der Waals surface area contributed by atoms with Crippen molar-refractivity contribution < 1.29 is 28.2 Å². The predicted octanol–water partition coefficient (Wildman–Crippen LogP) is 2.02. The number of nitrogens with zero attached hydrogens (tertiary/aromatic N) is 5. The Morgan fingerprint density at radius 2 is 1.88 bits per heavy atom. The summed E-state index contributed by atoms with van der Waals surface area (Å²) in [6, 6.07) is 0. The molecule has 2 aliphatic rings. The summed E-state index contributed by atoms with van der Waals surface area (Å²) >= 11 is 6.17. The van der Waals surface area contributed by atoms with Gasteiger partial charge in [-0.3, -0.25) is 14.2 Å². The van der Waals surface area contributed by atoms with Crippen molar-refractivity contribution in [1.29, 1.82) is 0 Å². The number of ether oxygens (including phenoxy) is 3. The molecule has 0 amide bonds. The van der Waals surface area contributed by atoms with Crippen LogP contribution in [0.3, 0.4) is 0 Å². The minimum atomic E-state index is -1.13. The summed E-state index contributed by atoms with van der Waals surface area (Å²) in [6.07, 6.45) is 0.300. The van der Waals surface area contributed by atoms with Gasteiger partial charge in [-0.05, 0) is 24.4 Å². The molecule has 4 heterocycles. The molecule has 2 aromatic heterocycles. The van der Waals surface area contributed by atoms with Gasteiger partial charge in [-0.2, -0.15) is 9.97 Å². The summed E-state index contributed by atoms with van der Waals surface area (Å²) in [5, 5.41) is 2.00. The normalized spacial score (nSPS) is 26.2. The Morgan fingerprint density at radius 1 is 1.19 bits per heavy atom. The molecular formula is C19H24ClFN6O5. The number of nitrogens with one attached hydrogen (secondary N) is 1. The number of anilines is 1. The van der Waals surface area contributed by atoms with Crippen LogP contribution in [-0.2, 0) is 23.8 Å². The van der Waals surface area contributed by atoms with Crippen LogP contribution in [0.25, 0.3) is 11.2 Å². The van der Waals surface area contributed by atoms with Crippen LogP contribution >= 0.6 is 11.6 Å². The Balaban J connectivity index is 1.71. The molecule has 1 N–H and O–H groups in total. The van der Waals surface area contributed by atoms with Crippen LogP contribution in [-0.4, -0.2) is 74.5 Å². The van der Waals surface area contributed by atoms with E-state index < -0.39 is 43.2 Å². The highest BCUT2D eigenvalue weighted by Gasteiger charge is 2.50. The van der Waals surface area contributed by atoms with Crippen molar-refractivity contribution >= 4 is 40.5 Å². The van der Waals surface area contributed by atoms with E-state index in [4.69, 9.17) is 25.8 Å². The van der Waals surface area contributed by atoms with Crippen molar-refractivity contribution in [3.63, 3.8) is 0 Å². The number of aromatic nitrogens is 4. The molecule has 0 bridgehead atoms. The van der Waals surface area contributed by atoms with E-state index in [1.54, 1.807) is 0 Å². The number of alkyl halides is 1. The Labute approximate surface area is 188 Å². The molecule has 11 nitrogen and oxygen atoms in total. The lowest BCUT2D eigenvalue weighted by Crippen LogP contribution is -2.39. The molecule has 4 atom stereocenters. The van der Waals surface area contributed by atoms with E-state index in [-0.39, 0.29) is 5.28 Å². The first-order valence-electron chi connectivity index (χ1n) is 10.3. The Bertz CT molecular complexity index is 1000. The van der Waals surface area contributed by atoms with Crippen molar-refractivity contribution in [2.45, 2.75) is 57.6 Å². The maximum atomic E-state index is 13.7. The van der Waals surface area contributed by atoms with Crippen LogP contribution < -0.4 is 5.43 Å². The van der Waals surface area contributed by atoms with Crippen LogP contribution in [0.1, 0.15) is 39.3 Å². The van der Waals surface area contributed by atoms with E-state index >= 15 is 0 Å². The molecule has 0 radical (unpaired) electrons. The number of piperidine rings is 1. The monoisotopic (exact) mass is 470 g/mol. The van der Waals surface area contributed by atoms with Crippen molar-refractivity contribution in [2.75, 3.05) is 25.2 Å². The fourth-order valence-electron chi connectivity index (χ4n) is 4.02. The number of fused-ring (bicyclic) bond motifs is 1. The van der Waals surface area contributed by atoms with Crippen molar-refractivity contribution in [3.05, 3.63) is 11.6 Å². The van der Waals surface area contributed by atoms with Crippen molar-refractivity contribution in [1.82, 2.24) is 24.5 Å². The molecule has 0 saturated carbocycles. The van der Waals surface area contributed by atoms with E-state index in [0.29, 0.717) is 17.0 Å². The largest absolute Gasteiger partial charge is 0.455 e. The number of halogens is 2. The van der Waals surface area contributed by atoms with Crippen LogP contribution in [0.15, 0.2) is 6.33 Å². The SMILES string of the molecule is CC(=O)O[C@@H]1[C@H](OC(C)=O)[C@@H](CF)O[C@H]1n1cnc2c(NN3CCCCC3)nc(Cl)nc21. The third-order valence-corrected chi connectivity index (χ3v) is 5.50. The smallest absolute Gasteiger partial charge is 0.303 e. The zero-order valence-electron chi connectivity index (χ0n) is 17.7. The first-order valence-corrected chi connectivity index (χ1v) is 10.7. The summed E-state index contributed by atoms with van der Waals surface area (Å²) in [4.78, 5) is 36.2. The number of carbonyl (C=O) groups is 2. The highest BCUT2D eigenvalue weighted by Crippen LogP contribution is 2.36. The summed E-state index contributed by atoms with van der Waals surface area (Å²) < 4.78 is 31.5. The third-order valence-electron chi connectivity index (χ3n) is 5.33. The van der Waals surface area contributed by atoms with Gasteiger partial charge >= 0.3 is 11.9 Å². The lowest BCUT2D eigenvalue weighted by Gasteiger charge is -2.27. The molecule has 174 valence electrons. The van der Waals surface area contributed by atoms with Crippen LogP contribution in [0.5, 0.6) is 0 Å². The molecule has 13 heteroatoms.